The summed E-state index contributed by atoms with van der Waals surface area (Å²) in [7, 11) is 0. The number of carbonyl (C=O) groups is 2. The summed E-state index contributed by atoms with van der Waals surface area (Å²) >= 11 is 1.14. The Kier molecular flexibility index (Phi) is 6.08. The second-order valence-electron chi connectivity index (χ2n) is 4.82. The molecule has 1 aromatic heterocycles. The van der Waals surface area contributed by atoms with Crippen LogP contribution in [0, 0.1) is 6.92 Å². The van der Waals surface area contributed by atoms with Gasteiger partial charge in [-0.15, -0.1) is 0 Å². The number of nitrogens with zero attached hydrogens (tertiary/aromatic N) is 2. The lowest BCUT2D eigenvalue weighted by molar-refractivity contribution is 0.0526. The van der Waals surface area contributed by atoms with E-state index in [1.807, 2.05) is 19.1 Å². The molecule has 0 saturated carbocycles. The van der Waals surface area contributed by atoms with Gasteiger partial charge in [-0.3, -0.25) is 4.79 Å². The molecular weight excluding hydrogens is 326 g/mol. The molecule has 1 aromatic carbocycles. The molecule has 124 valence electrons. The maximum atomic E-state index is 12.0. The zero-order valence-corrected chi connectivity index (χ0v) is 14.2. The number of anilines is 1. The Bertz CT molecular complexity index is 773. The largest absolute Gasteiger partial charge is 0.462 e. The summed E-state index contributed by atoms with van der Waals surface area (Å²) in [6, 6.07) is 7.31. The van der Waals surface area contributed by atoms with E-state index in [-0.39, 0.29) is 23.8 Å². The number of aromatic nitrogens is 2. The fourth-order valence-corrected chi connectivity index (χ4v) is 2.35. The van der Waals surface area contributed by atoms with Crippen molar-refractivity contribution < 1.29 is 14.3 Å². The first kappa shape index (κ1) is 17.7. The van der Waals surface area contributed by atoms with E-state index >= 15 is 0 Å². The van der Waals surface area contributed by atoms with Gasteiger partial charge < -0.3 is 10.5 Å². The number of ether oxygens (including phenoxy) is 1. The first-order valence-electron chi connectivity index (χ1n) is 7.25. The van der Waals surface area contributed by atoms with Crippen LogP contribution in [0.3, 0.4) is 0 Å². The van der Waals surface area contributed by atoms with Crippen LogP contribution in [0.4, 0.5) is 5.82 Å². The molecule has 0 unspecified atom stereocenters. The summed E-state index contributed by atoms with van der Waals surface area (Å²) in [6.07, 6.45) is 2.76. The minimum Gasteiger partial charge on any atom is -0.462 e. The van der Waals surface area contributed by atoms with Crippen LogP contribution >= 0.6 is 11.8 Å². The third-order valence-electron chi connectivity index (χ3n) is 3.02. The maximum absolute atomic E-state index is 12.0. The van der Waals surface area contributed by atoms with E-state index in [1.54, 1.807) is 24.5 Å². The Morgan fingerprint density at radius 2 is 2.00 bits per heavy atom. The molecule has 0 aliphatic carbocycles. The van der Waals surface area contributed by atoms with Crippen molar-refractivity contribution >= 4 is 29.3 Å². The average molecular weight is 343 g/mol. The van der Waals surface area contributed by atoms with Gasteiger partial charge >= 0.3 is 5.97 Å². The summed E-state index contributed by atoms with van der Waals surface area (Å²) in [6.45, 7) is 3.91. The number of esters is 1. The summed E-state index contributed by atoms with van der Waals surface area (Å²) < 4.78 is 4.85. The molecule has 6 nitrogen and oxygen atoms in total. The van der Waals surface area contributed by atoms with Crippen molar-refractivity contribution in [3.8, 4) is 0 Å². The quantitative estimate of drug-likeness (QED) is 0.283. The zero-order valence-electron chi connectivity index (χ0n) is 13.4. The lowest BCUT2D eigenvalue weighted by Gasteiger charge is -2.04. The highest BCUT2D eigenvalue weighted by Crippen LogP contribution is 2.18. The second-order valence-corrected chi connectivity index (χ2v) is 5.70. The number of rotatable bonds is 6. The number of thioether (sulfide) groups is 1. The molecule has 0 spiro atoms. The minimum absolute atomic E-state index is 0.0456. The summed E-state index contributed by atoms with van der Waals surface area (Å²) in [5.74, 6) is -0.625. The molecule has 0 saturated heterocycles. The fraction of sp³-hybridized carbons (Fsp3) is 0.176. The van der Waals surface area contributed by atoms with Gasteiger partial charge in [0.15, 0.2) is 10.9 Å². The highest BCUT2D eigenvalue weighted by atomic mass is 32.2. The van der Waals surface area contributed by atoms with Gasteiger partial charge in [-0.25, -0.2) is 14.8 Å². The fourth-order valence-electron chi connectivity index (χ4n) is 1.77. The first-order chi connectivity index (χ1) is 11.5. The summed E-state index contributed by atoms with van der Waals surface area (Å²) in [5.41, 5.74) is 7.56. The number of ketones is 1. The van der Waals surface area contributed by atoms with Crippen LogP contribution < -0.4 is 5.73 Å². The molecule has 0 atom stereocenters. The number of benzene rings is 1. The summed E-state index contributed by atoms with van der Waals surface area (Å²) in [5, 5.41) is 1.93. The second kappa shape index (κ2) is 8.26. The van der Waals surface area contributed by atoms with Gasteiger partial charge in [0.1, 0.15) is 11.4 Å². The topological polar surface area (TPSA) is 95.2 Å². The number of hydrogen-bond donors (Lipinski definition) is 1. The van der Waals surface area contributed by atoms with Gasteiger partial charge in [-0.1, -0.05) is 41.6 Å². The van der Waals surface area contributed by atoms with Crippen LogP contribution in [0.25, 0.3) is 0 Å². The van der Waals surface area contributed by atoms with E-state index < -0.39 is 5.97 Å². The predicted octanol–water partition coefficient (Wildman–Crippen LogP) is 3.03. The third kappa shape index (κ3) is 4.66. The summed E-state index contributed by atoms with van der Waals surface area (Å²) in [4.78, 5) is 31.7. The smallest absolute Gasteiger partial charge is 0.343 e. The Balaban J connectivity index is 2.01. The van der Waals surface area contributed by atoms with Crippen molar-refractivity contribution in [2.75, 3.05) is 12.3 Å². The van der Waals surface area contributed by atoms with Gasteiger partial charge in [-0.05, 0) is 25.3 Å². The van der Waals surface area contributed by atoms with Gasteiger partial charge in [0.2, 0.25) is 0 Å². The minimum atomic E-state index is -0.559. The maximum Gasteiger partial charge on any atom is 0.343 e. The molecule has 7 heteroatoms. The van der Waals surface area contributed by atoms with Crippen molar-refractivity contribution in [2.45, 2.75) is 19.0 Å². The SMILES string of the molecule is CCOC(=O)c1cnc(S/C=C/C(=O)c2ccc(C)cc2)nc1N. The van der Waals surface area contributed by atoms with Crippen LogP contribution in [-0.4, -0.2) is 28.3 Å². The molecule has 2 aromatic rings. The Morgan fingerprint density at radius 3 is 2.62 bits per heavy atom. The molecular formula is C17H17N3O3S. The molecule has 0 bridgehead atoms. The predicted molar refractivity (Wildman–Crippen MR) is 92.9 cm³/mol. The number of nitrogens with two attached hydrogens (primary N) is 1. The Morgan fingerprint density at radius 1 is 1.29 bits per heavy atom. The van der Waals surface area contributed by atoms with E-state index in [0.717, 1.165) is 17.3 Å². The van der Waals surface area contributed by atoms with Crippen molar-refractivity contribution in [3.63, 3.8) is 0 Å². The molecule has 0 radical (unpaired) electrons. The van der Waals surface area contributed by atoms with E-state index in [9.17, 15) is 9.59 Å². The highest BCUT2D eigenvalue weighted by Gasteiger charge is 2.13. The van der Waals surface area contributed by atoms with Gasteiger partial charge in [0.25, 0.3) is 0 Å². The molecule has 0 aliphatic heterocycles. The highest BCUT2D eigenvalue weighted by molar-refractivity contribution is 8.02. The van der Waals surface area contributed by atoms with Crippen LogP contribution in [0.2, 0.25) is 0 Å². The van der Waals surface area contributed by atoms with E-state index in [4.69, 9.17) is 10.5 Å². The van der Waals surface area contributed by atoms with Gasteiger partial charge in [0.05, 0.1) is 6.61 Å². The molecule has 0 fully saturated rings. The van der Waals surface area contributed by atoms with Crippen LogP contribution in [0.15, 0.2) is 47.1 Å². The van der Waals surface area contributed by atoms with Gasteiger partial charge in [0, 0.05) is 11.8 Å². The molecule has 0 aliphatic rings. The van der Waals surface area contributed by atoms with Crippen LogP contribution in [0.1, 0.15) is 33.2 Å². The van der Waals surface area contributed by atoms with Gasteiger partial charge in [-0.2, -0.15) is 0 Å². The van der Waals surface area contributed by atoms with Crippen molar-refractivity contribution in [1.29, 1.82) is 0 Å². The van der Waals surface area contributed by atoms with Crippen LogP contribution in [0.5, 0.6) is 0 Å². The average Bonchev–Trinajstić information content (AvgIpc) is 2.55. The van der Waals surface area contributed by atoms with Crippen LogP contribution in [-0.2, 0) is 4.74 Å². The lowest BCUT2D eigenvalue weighted by Crippen LogP contribution is -2.10. The molecule has 2 N–H and O–H groups in total. The molecule has 2 rings (SSSR count). The zero-order chi connectivity index (χ0) is 17.5. The molecule has 24 heavy (non-hydrogen) atoms. The number of carbonyl (C=O) groups excluding carboxylic acids is 2. The number of nitrogen functional groups attached to an aromatic ring is 1. The third-order valence-corrected chi connectivity index (χ3v) is 3.70. The number of hydrogen-bond acceptors (Lipinski definition) is 7. The van der Waals surface area contributed by atoms with E-state index in [1.165, 1.54) is 12.3 Å². The normalized spacial score (nSPS) is 10.8. The van der Waals surface area contributed by atoms with Crippen molar-refractivity contribution in [2.24, 2.45) is 0 Å². The lowest BCUT2D eigenvalue weighted by atomic mass is 10.1. The van der Waals surface area contributed by atoms with Crippen molar-refractivity contribution in [3.05, 3.63) is 58.6 Å². The van der Waals surface area contributed by atoms with Crippen molar-refractivity contribution in [1.82, 2.24) is 9.97 Å². The number of aryl methyl sites for hydroxylation is 1. The molecule has 0 amide bonds. The molecule has 1 heterocycles. The monoisotopic (exact) mass is 343 g/mol. The number of allylic oxidation sites excluding steroid dienone is 1. The van der Waals surface area contributed by atoms with E-state index in [2.05, 4.69) is 9.97 Å². The Labute approximate surface area is 144 Å². The Hall–Kier alpha value is -2.67. The standard InChI is InChI=1S/C17H17N3O3S/c1-3-23-16(22)13-10-19-17(20-15(13)18)24-9-8-14(21)12-6-4-11(2)5-7-12/h4-10H,3H2,1-2H3,(H2,18,19,20)/b9-8+. The van der Waals surface area contributed by atoms with E-state index in [0.29, 0.717) is 10.7 Å². The first-order valence-corrected chi connectivity index (χ1v) is 8.13.